The van der Waals surface area contributed by atoms with Crippen molar-refractivity contribution in [3.63, 3.8) is 0 Å². The number of nitrogens with zero attached hydrogens (tertiary/aromatic N) is 2. The van der Waals surface area contributed by atoms with Gasteiger partial charge in [0.15, 0.2) is 0 Å². The largest absolute Gasteiger partial charge is 0.495 e. The van der Waals surface area contributed by atoms with E-state index >= 15 is 0 Å². The Morgan fingerprint density at radius 1 is 1.12 bits per heavy atom. The fourth-order valence-corrected chi connectivity index (χ4v) is 4.00. The lowest BCUT2D eigenvalue weighted by atomic mass is 10.1. The molecule has 0 fully saturated rings. The van der Waals surface area contributed by atoms with Crippen molar-refractivity contribution < 1.29 is 27.1 Å². The van der Waals surface area contributed by atoms with Crippen molar-refractivity contribution in [1.82, 2.24) is 10.2 Å². The number of ether oxygens (including phenoxy) is 1. The summed E-state index contributed by atoms with van der Waals surface area (Å²) >= 11 is 0. The van der Waals surface area contributed by atoms with Crippen LogP contribution >= 0.6 is 0 Å². The standard InChI is InChI=1S/C22H28FN3O5S/c1-5-24-22(28)16(2)25(14-17-10-6-7-11-18(17)23)21(27)15-26(32(4,29)30)19-12-8-9-13-20(19)31-3/h6-13,16H,5,14-15H2,1-4H3,(H,24,28). The second kappa shape index (κ2) is 10.9. The molecule has 0 saturated heterocycles. The SMILES string of the molecule is CCNC(=O)C(C)N(Cc1ccccc1F)C(=O)CN(c1ccccc1OC)S(C)(=O)=O. The second-order valence-electron chi connectivity index (χ2n) is 7.13. The highest BCUT2D eigenvalue weighted by molar-refractivity contribution is 7.92. The van der Waals surface area contributed by atoms with Crippen molar-refractivity contribution in [2.75, 3.05) is 30.8 Å². The normalized spacial score (nSPS) is 12.0. The molecule has 0 heterocycles. The summed E-state index contributed by atoms with van der Waals surface area (Å²) in [6.45, 7) is 2.81. The number of hydrogen-bond acceptors (Lipinski definition) is 5. The molecule has 2 aromatic rings. The summed E-state index contributed by atoms with van der Waals surface area (Å²) in [5, 5.41) is 2.64. The molecule has 0 aliphatic heterocycles. The molecule has 10 heteroatoms. The van der Waals surface area contributed by atoms with E-state index in [0.717, 1.165) is 15.5 Å². The van der Waals surface area contributed by atoms with Crippen LogP contribution in [0.5, 0.6) is 5.75 Å². The maximum absolute atomic E-state index is 14.3. The molecule has 1 atom stereocenters. The molecule has 0 aromatic heterocycles. The molecule has 0 bridgehead atoms. The van der Waals surface area contributed by atoms with Crippen LogP contribution in [-0.4, -0.2) is 57.6 Å². The Labute approximate surface area is 188 Å². The first-order valence-corrected chi connectivity index (χ1v) is 11.9. The van der Waals surface area contributed by atoms with E-state index in [1.165, 1.54) is 38.3 Å². The van der Waals surface area contributed by atoms with Crippen molar-refractivity contribution >= 4 is 27.5 Å². The number of carbonyl (C=O) groups is 2. The number of anilines is 1. The van der Waals surface area contributed by atoms with Crippen molar-refractivity contribution in [3.05, 3.63) is 59.9 Å². The summed E-state index contributed by atoms with van der Waals surface area (Å²) in [6, 6.07) is 11.3. The molecule has 2 aromatic carbocycles. The highest BCUT2D eigenvalue weighted by Gasteiger charge is 2.31. The number of sulfonamides is 1. The van der Waals surface area contributed by atoms with Gasteiger partial charge in [-0.2, -0.15) is 0 Å². The third kappa shape index (κ3) is 6.19. The van der Waals surface area contributed by atoms with Crippen LogP contribution in [0.3, 0.4) is 0 Å². The van der Waals surface area contributed by atoms with Crippen molar-refractivity contribution in [3.8, 4) is 5.75 Å². The van der Waals surface area contributed by atoms with E-state index in [2.05, 4.69) is 5.32 Å². The first kappa shape index (κ1) is 25.1. The fraction of sp³-hybridized carbons (Fsp3) is 0.364. The Morgan fingerprint density at radius 2 is 1.75 bits per heavy atom. The zero-order valence-corrected chi connectivity index (χ0v) is 19.4. The highest BCUT2D eigenvalue weighted by atomic mass is 32.2. The van der Waals surface area contributed by atoms with Crippen molar-refractivity contribution in [2.45, 2.75) is 26.4 Å². The maximum Gasteiger partial charge on any atom is 0.244 e. The summed E-state index contributed by atoms with van der Waals surface area (Å²) < 4.78 is 45.5. The van der Waals surface area contributed by atoms with Gasteiger partial charge in [-0.1, -0.05) is 30.3 Å². The lowest BCUT2D eigenvalue weighted by molar-refractivity contribution is -0.139. The molecular formula is C22H28FN3O5S. The molecule has 1 unspecified atom stereocenters. The number of hydrogen-bond donors (Lipinski definition) is 1. The molecule has 1 N–H and O–H groups in total. The van der Waals surface area contributed by atoms with Crippen LogP contribution in [0.4, 0.5) is 10.1 Å². The number of methoxy groups -OCH3 is 1. The molecule has 0 radical (unpaired) electrons. The number of carbonyl (C=O) groups excluding carboxylic acids is 2. The number of benzene rings is 2. The van der Waals surface area contributed by atoms with Crippen LogP contribution in [-0.2, 0) is 26.2 Å². The lowest BCUT2D eigenvalue weighted by Gasteiger charge is -2.31. The molecule has 0 aliphatic rings. The first-order valence-electron chi connectivity index (χ1n) is 10.0. The van der Waals surface area contributed by atoms with Crippen LogP contribution in [0.25, 0.3) is 0 Å². The topological polar surface area (TPSA) is 96.0 Å². The average Bonchev–Trinajstić information content (AvgIpc) is 2.75. The summed E-state index contributed by atoms with van der Waals surface area (Å²) in [5.41, 5.74) is 0.391. The van der Waals surface area contributed by atoms with Gasteiger partial charge in [0, 0.05) is 18.7 Å². The van der Waals surface area contributed by atoms with Crippen LogP contribution in [0, 0.1) is 5.82 Å². The third-order valence-corrected chi connectivity index (χ3v) is 5.98. The van der Waals surface area contributed by atoms with Gasteiger partial charge in [-0.15, -0.1) is 0 Å². The van der Waals surface area contributed by atoms with Crippen LogP contribution in [0.15, 0.2) is 48.5 Å². The Kier molecular flexibility index (Phi) is 8.59. The summed E-state index contributed by atoms with van der Waals surface area (Å²) in [7, 11) is -2.49. The number of nitrogens with one attached hydrogen (secondary N) is 1. The van der Waals surface area contributed by atoms with Gasteiger partial charge in [0.2, 0.25) is 21.8 Å². The molecule has 2 rings (SSSR count). The minimum atomic E-state index is -3.89. The van der Waals surface area contributed by atoms with Gasteiger partial charge in [0.05, 0.1) is 19.1 Å². The molecule has 0 aliphatic carbocycles. The van der Waals surface area contributed by atoms with E-state index < -0.39 is 40.2 Å². The summed E-state index contributed by atoms with van der Waals surface area (Å²) in [5.74, 6) is -1.36. The van der Waals surface area contributed by atoms with Gasteiger partial charge in [-0.3, -0.25) is 13.9 Å². The lowest BCUT2D eigenvalue weighted by Crippen LogP contribution is -2.51. The molecule has 8 nitrogen and oxygen atoms in total. The number of amides is 2. The van der Waals surface area contributed by atoms with E-state index in [1.54, 1.807) is 31.2 Å². The molecule has 174 valence electrons. The number of rotatable bonds is 10. The molecule has 0 saturated carbocycles. The zero-order valence-electron chi connectivity index (χ0n) is 18.5. The van der Waals surface area contributed by atoms with Gasteiger partial charge in [-0.05, 0) is 32.0 Å². The van der Waals surface area contributed by atoms with Gasteiger partial charge in [0.25, 0.3) is 0 Å². The molecular weight excluding hydrogens is 437 g/mol. The van der Waals surface area contributed by atoms with E-state index in [-0.39, 0.29) is 23.5 Å². The number of para-hydroxylation sites is 2. The number of likely N-dealkylation sites (N-methyl/N-ethyl adjacent to an activating group) is 1. The van der Waals surface area contributed by atoms with E-state index in [9.17, 15) is 22.4 Å². The van der Waals surface area contributed by atoms with Gasteiger partial charge in [0.1, 0.15) is 24.2 Å². The maximum atomic E-state index is 14.3. The van der Waals surface area contributed by atoms with Gasteiger partial charge >= 0.3 is 0 Å². The third-order valence-electron chi connectivity index (χ3n) is 4.85. The minimum Gasteiger partial charge on any atom is -0.495 e. The monoisotopic (exact) mass is 465 g/mol. The smallest absolute Gasteiger partial charge is 0.244 e. The Bertz CT molecular complexity index is 1060. The fourth-order valence-electron chi connectivity index (χ4n) is 3.15. The summed E-state index contributed by atoms with van der Waals surface area (Å²) in [4.78, 5) is 26.9. The Hall–Kier alpha value is -3.14. The Morgan fingerprint density at radius 3 is 2.34 bits per heavy atom. The second-order valence-corrected chi connectivity index (χ2v) is 9.03. The van der Waals surface area contributed by atoms with E-state index in [0.29, 0.717) is 6.54 Å². The van der Waals surface area contributed by atoms with Gasteiger partial charge < -0.3 is 15.0 Å². The quantitative estimate of drug-likeness (QED) is 0.580. The van der Waals surface area contributed by atoms with E-state index in [1.807, 2.05) is 0 Å². The predicted molar refractivity (Wildman–Crippen MR) is 120 cm³/mol. The summed E-state index contributed by atoms with van der Waals surface area (Å²) in [6.07, 6.45) is 0.973. The number of halogens is 1. The van der Waals surface area contributed by atoms with Gasteiger partial charge in [-0.25, -0.2) is 12.8 Å². The average molecular weight is 466 g/mol. The van der Waals surface area contributed by atoms with E-state index in [4.69, 9.17) is 4.74 Å². The minimum absolute atomic E-state index is 0.183. The van der Waals surface area contributed by atoms with Crippen molar-refractivity contribution in [1.29, 1.82) is 0 Å². The highest BCUT2D eigenvalue weighted by Crippen LogP contribution is 2.29. The predicted octanol–water partition coefficient (Wildman–Crippen LogP) is 2.15. The van der Waals surface area contributed by atoms with Crippen LogP contribution in [0.1, 0.15) is 19.4 Å². The van der Waals surface area contributed by atoms with Crippen LogP contribution < -0.4 is 14.4 Å². The first-order chi connectivity index (χ1) is 15.1. The van der Waals surface area contributed by atoms with Crippen molar-refractivity contribution in [2.24, 2.45) is 0 Å². The molecule has 0 spiro atoms. The zero-order chi connectivity index (χ0) is 23.9. The van der Waals surface area contributed by atoms with Crippen LogP contribution in [0.2, 0.25) is 0 Å². The Balaban J connectivity index is 2.44. The molecule has 2 amide bonds. The molecule has 32 heavy (non-hydrogen) atoms.